The van der Waals surface area contributed by atoms with E-state index in [9.17, 15) is 26.4 Å². The number of carbonyl (C=O) groups excluding carboxylic acids is 1. The van der Waals surface area contributed by atoms with Crippen LogP contribution < -0.4 is 9.62 Å². The van der Waals surface area contributed by atoms with E-state index in [2.05, 4.69) is 4.72 Å². The summed E-state index contributed by atoms with van der Waals surface area (Å²) in [4.78, 5) is 13.3. The van der Waals surface area contributed by atoms with Gasteiger partial charge in [-0.05, 0) is 48.9 Å². The van der Waals surface area contributed by atoms with Crippen LogP contribution in [-0.2, 0) is 14.8 Å². The lowest BCUT2D eigenvalue weighted by molar-refractivity contribution is -0.118. The maximum Gasteiger partial charge on any atom is 0.245 e. The molecule has 25 heavy (non-hydrogen) atoms. The van der Waals surface area contributed by atoms with Crippen LogP contribution >= 0.6 is 0 Å². The van der Waals surface area contributed by atoms with Gasteiger partial charge in [0.05, 0.1) is 4.90 Å². The first-order valence-electron chi connectivity index (χ1n) is 7.32. The molecule has 0 aromatic heterocycles. The molecule has 0 unspecified atom stereocenters. The molecule has 5 nitrogen and oxygen atoms in total. The average molecular weight is 370 g/mol. The maximum absolute atomic E-state index is 13.2. The Hall–Kier alpha value is -2.39. The van der Waals surface area contributed by atoms with E-state index in [4.69, 9.17) is 0 Å². The Morgan fingerprint density at radius 2 is 1.68 bits per heavy atom. The zero-order valence-electron chi connectivity index (χ0n) is 12.7. The number of sulfonamides is 1. The lowest BCUT2D eigenvalue weighted by atomic mass is 10.3. The largest absolute Gasteiger partial charge is 0.311 e. The van der Waals surface area contributed by atoms with Gasteiger partial charge in [0.25, 0.3) is 0 Å². The molecule has 2 aromatic rings. The second kappa shape index (κ2) is 6.49. The molecule has 1 saturated heterocycles. The lowest BCUT2D eigenvalue weighted by Gasteiger charge is -2.17. The van der Waals surface area contributed by atoms with Crippen LogP contribution in [0.15, 0.2) is 47.4 Å². The zero-order chi connectivity index (χ0) is 18.2. The Morgan fingerprint density at radius 3 is 2.32 bits per heavy atom. The third-order valence-corrected chi connectivity index (χ3v) is 5.31. The highest BCUT2D eigenvalue weighted by molar-refractivity contribution is 7.89. The Morgan fingerprint density at radius 1 is 1.00 bits per heavy atom. The fraction of sp³-hybridized carbons (Fsp3) is 0.188. The van der Waals surface area contributed by atoms with Gasteiger partial charge in [-0.1, -0.05) is 0 Å². The average Bonchev–Trinajstić information content (AvgIpc) is 2.91. The molecule has 1 aliphatic rings. The van der Waals surface area contributed by atoms with Gasteiger partial charge in [0.2, 0.25) is 15.9 Å². The van der Waals surface area contributed by atoms with Crippen LogP contribution in [0.2, 0.25) is 0 Å². The van der Waals surface area contributed by atoms with Crippen LogP contribution in [0.5, 0.6) is 0 Å². The summed E-state index contributed by atoms with van der Waals surface area (Å²) < 4.78 is 65.9. The number of halogens is 3. The van der Waals surface area contributed by atoms with Crippen molar-refractivity contribution in [3.05, 3.63) is 59.9 Å². The van der Waals surface area contributed by atoms with Gasteiger partial charge in [0, 0.05) is 12.2 Å². The summed E-state index contributed by atoms with van der Waals surface area (Å²) in [5.74, 6) is -3.42. The van der Waals surface area contributed by atoms with Gasteiger partial charge in [0.15, 0.2) is 11.6 Å². The molecule has 0 radical (unpaired) electrons. The monoisotopic (exact) mass is 370 g/mol. The van der Waals surface area contributed by atoms with Gasteiger partial charge in [-0.2, -0.15) is 4.72 Å². The molecular weight excluding hydrogens is 357 g/mol. The van der Waals surface area contributed by atoms with Gasteiger partial charge < -0.3 is 4.90 Å². The van der Waals surface area contributed by atoms with Crippen LogP contribution in [0.3, 0.4) is 0 Å². The molecule has 1 fully saturated rings. The van der Waals surface area contributed by atoms with Crippen LogP contribution in [0.1, 0.15) is 6.42 Å². The van der Waals surface area contributed by atoms with E-state index in [-0.39, 0.29) is 13.0 Å². The van der Waals surface area contributed by atoms with E-state index in [1.807, 2.05) is 0 Å². The van der Waals surface area contributed by atoms with Gasteiger partial charge in [0.1, 0.15) is 11.9 Å². The highest BCUT2D eigenvalue weighted by atomic mass is 32.2. The molecule has 1 N–H and O–H groups in total. The minimum atomic E-state index is -4.19. The summed E-state index contributed by atoms with van der Waals surface area (Å²) in [5.41, 5.74) is 0.445. The number of anilines is 1. The minimum Gasteiger partial charge on any atom is -0.311 e. The molecule has 1 aliphatic heterocycles. The number of nitrogens with zero attached hydrogens (tertiary/aromatic N) is 1. The second-order valence-corrected chi connectivity index (χ2v) is 7.22. The normalized spacial score (nSPS) is 18.0. The summed E-state index contributed by atoms with van der Waals surface area (Å²) >= 11 is 0. The first-order chi connectivity index (χ1) is 11.8. The summed E-state index contributed by atoms with van der Waals surface area (Å²) in [6.45, 7) is 0.245. The predicted octanol–water partition coefficient (Wildman–Crippen LogP) is 2.19. The number of hydrogen-bond donors (Lipinski definition) is 1. The van der Waals surface area contributed by atoms with Crippen molar-refractivity contribution in [2.45, 2.75) is 17.4 Å². The second-order valence-electron chi connectivity index (χ2n) is 5.50. The molecule has 1 atom stereocenters. The van der Waals surface area contributed by atoms with E-state index in [1.165, 1.54) is 29.2 Å². The molecule has 3 rings (SSSR count). The van der Waals surface area contributed by atoms with Crippen molar-refractivity contribution in [2.75, 3.05) is 11.4 Å². The Balaban J connectivity index is 1.78. The predicted molar refractivity (Wildman–Crippen MR) is 83.8 cm³/mol. The van der Waals surface area contributed by atoms with Crippen LogP contribution in [-0.4, -0.2) is 26.9 Å². The van der Waals surface area contributed by atoms with Crippen molar-refractivity contribution in [3.63, 3.8) is 0 Å². The first kappa shape index (κ1) is 17.4. The highest BCUT2D eigenvalue weighted by Crippen LogP contribution is 2.23. The van der Waals surface area contributed by atoms with Crippen molar-refractivity contribution < 1.29 is 26.4 Å². The smallest absolute Gasteiger partial charge is 0.245 e. The van der Waals surface area contributed by atoms with Gasteiger partial charge in [-0.15, -0.1) is 0 Å². The van der Waals surface area contributed by atoms with Crippen molar-refractivity contribution >= 4 is 21.6 Å². The van der Waals surface area contributed by atoms with Crippen LogP contribution in [0, 0.1) is 17.5 Å². The first-order valence-corrected chi connectivity index (χ1v) is 8.80. The van der Waals surface area contributed by atoms with Crippen LogP contribution in [0.25, 0.3) is 0 Å². The lowest BCUT2D eigenvalue weighted by Crippen LogP contribution is -2.41. The van der Waals surface area contributed by atoms with Gasteiger partial charge >= 0.3 is 0 Å². The number of hydrogen-bond acceptors (Lipinski definition) is 3. The maximum atomic E-state index is 13.2. The van der Waals surface area contributed by atoms with Gasteiger partial charge in [-0.3, -0.25) is 4.79 Å². The number of rotatable bonds is 4. The summed E-state index contributed by atoms with van der Waals surface area (Å²) in [7, 11) is -4.19. The van der Waals surface area contributed by atoms with E-state index in [1.54, 1.807) is 0 Å². The fourth-order valence-electron chi connectivity index (χ4n) is 2.57. The third kappa shape index (κ3) is 3.52. The van der Waals surface area contributed by atoms with E-state index in [0.717, 1.165) is 6.07 Å². The third-order valence-electron chi connectivity index (χ3n) is 3.84. The molecule has 1 amide bonds. The van der Waals surface area contributed by atoms with Gasteiger partial charge in [-0.25, -0.2) is 21.6 Å². The quantitative estimate of drug-likeness (QED) is 0.897. The summed E-state index contributed by atoms with van der Waals surface area (Å²) in [6.07, 6.45) is 0.194. The fourth-order valence-corrected chi connectivity index (χ4v) is 3.80. The number of benzene rings is 2. The van der Waals surface area contributed by atoms with E-state index >= 15 is 0 Å². The minimum absolute atomic E-state index is 0.194. The number of carbonyl (C=O) groups is 1. The standard InChI is InChI=1S/C16H13F3N2O3S/c17-10-1-3-11(4-2-10)21-8-7-15(16(21)22)20-25(23,24)12-5-6-13(18)14(19)9-12/h1-6,9,15,20H,7-8H2/t15-/m0/s1. The highest BCUT2D eigenvalue weighted by Gasteiger charge is 2.35. The summed E-state index contributed by atoms with van der Waals surface area (Å²) in [6, 6.07) is 6.35. The molecule has 0 aliphatic carbocycles. The summed E-state index contributed by atoms with van der Waals surface area (Å²) in [5, 5.41) is 0. The molecule has 9 heteroatoms. The Labute approximate surface area is 142 Å². The van der Waals surface area contributed by atoms with Crippen molar-refractivity contribution in [3.8, 4) is 0 Å². The van der Waals surface area contributed by atoms with Crippen molar-refractivity contribution in [1.82, 2.24) is 4.72 Å². The molecule has 2 aromatic carbocycles. The van der Waals surface area contributed by atoms with Crippen molar-refractivity contribution in [1.29, 1.82) is 0 Å². The Kier molecular flexibility index (Phi) is 4.53. The topological polar surface area (TPSA) is 66.5 Å². The van der Waals surface area contributed by atoms with E-state index < -0.39 is 44.3 Å². The number of amides is 1. The molecule has 132 valence electrons. The molecule has 0 saturated carbocycles. The molecule has 0 bridgehead atoms. The molecule has 1 heterocycles. The van der Waals surface area contributed by atoms with Crippen molar-refractivity contribution in [2.24, 2.45) is 0 Å². The SMILES string of the molecule is O=C1[C@@H](NS(=O)(=O)c2ccc(F)c(F)c2)CCN1c1ccc(F)cc1. The Bertz CT molecular complexity index is 917. The zero-order valence-corrected chi connectivity index (χ0v) is 13.6. The van der Waals surface area contributed by atoms with E-state index in [0.29, 0.717) is 17.8 Å². The molecular formula is C16H13F3N2O3S. The molecule has 0 spiro atoms. The number of nitrogens with one attached hydrogen (secondary N) is 1. The van der Waals surface area contributed by atoms with Crippen LogP contribution in [0.4, 0.5) is 18.9 Å².